The predicted octanol–water partition coefficient (Wildman–Crippen LogP) is 2.11. The van der Waals surface area contributed by atoms with Crippen molar-refractivity contribution < 1.29 is 9.53 Å². The van der Waals surface area contributed by atoms with Crippen LogP contribution in [0.1, 0.15) is 32.3 Å². The molecule has 1 aromatic carbocycles. The summed E-state index contributed by atoms with van der Waals surface area (Å²) in [5.74, 6) is 0.920. The van der Waals surface area contributed by atoms with E-state index in [-0.39, 0.29) is 5.91 Å². The van der Waals surface area contributed by atoms with E-state index in [1.165, 1.54) is 0 Å². The van der Waals surface area contributed by atoms with Crippen LogP contribution in [0.2, 0.25) is 0 Å². The Morgan fingerprint density at radius 2 is 2.12 bits per heavy atom. The lowest BCUT2D eigenvalue weighted by Crippen LogP contribution is -2.35. The minimum atomic E-state index is -0.450. The Bertz CT molecular complexity index is 441. The van der Waals surface area contributed by atoms with Crippen molar-refractivity contribution in [3.05, 3.63) is 17.7 Å². The number of carbonyl (C=O) groups is 1. The molecule has 0 radical (unpaired) electrons. The number of nitrogen functional groups attached to an aromatic ring is 1. The maximum absolute atomic E-state index is 11.5. The summed E-state index contributed by atoms with van der Waals surface area (Å²) in [6.45, 7) is 5.87. The first-order valence-electron chi connectivity index (χ1n) is 5.40. The van der Waals surface area contributed by atoms with Gasteiger partial charge in [-0.15, -0.1) is 0 Å². The molecule has 0 spiro atoms. The quantitative estimate of drug-likeness (QED) is 0.712. The fourth-order valence-electron chi connectivity index (χ4n) is 1.79. The fourth-order valence-corrected chi connectivity index (χ4v) is 1.79. The molecule has 1 atom stereocenters. The van der Waals surface area contributed by atoms with Gasteiger partial charge in [-0.25, -0.2) is 0 Å². The Morgan fingerprint density at radius 1 is 1.44 bits per heavy atom. The third kappa shape index (κ3) is 1.71. The molecular formula is C12H16N2O2. The minimum absolute atomic E-state index is 0.132. The van der Waals surface area contributed by atoms with Gasteiger partial charge in [-0.2, -0.15) is 0 Å². The highest BCUT2D eigenvalue weighted by molar-refractivity contribution is 5.98. The molecular weight excluding hydrogens is 204 g/mol. The van der Waals surface area contributed by atoms with Crippen molar-refractivity contribution in [2.24, 2.45) is 0 Å². The third-order valence-corrected chi connectivity index (χ3v) is 2.68. The van der Waals surface area contributed by atoms with Gasteiger partial charge in [-0.1, -0.05) is 13.8 Å². The molecule has 0 aromatic heterocycles. The smallest absolute Gasteiger partial charge is 0.265 e. The summed E-state index contributed by atoms with van der Waals surface area (Å²) in [6, 6.07) is 3.62. The van der Waals surface area contributed by atoms with Crippen molar-refractivity contribution in [2.75, 3.05) is 11.1 Å². The summed E-state index contributed by atoms with van der Waals surface area (Å²) in [4.78, 5) is 11.5. The molecule has 0 bridgehead atoms. The second kappa shape index (κ2) is 3.70. The van der Waals surface area contributed by atoms with Crippen LogP contribution in [0.4, 0.5) is 11.4 Å². The Morgan fingerprint density at radius 3 is 2.75 bits per heavy atom. The van der Waals surface area contributed by atoms with E-state index in [1.807, 2.05) is 6.07 Å². The zero-order valence-corrected chi connectivity index (χ0v) is 9.70. The molecule has 1 aliphatic heterocycles. The van der Waals surface area contributed by atoms with Crippen molar-refractivity contribution in [2.45, 2.75) is 32.8 Å². The lowest BCUT2D eigenvalue weighted by molar-refractivity contribution is -0.122. The number of nitrogens with one attached hydrogen (secondary N) is 1. The van der Waals surface area contributed by atoms with Crippen LogP contribution >= 0.6 is 0 Å². The molecule has 1 unspecified atom stereocenters. The normalized spacial score (nSPS) is 19.0. The summed E-state index contributed by atoms with van der Waals surface area (Å²) in [7, 11) is 0. The molecule has 0 saturated carbocycles. The molecule has 3 N–H and O–H groups in total. The standard InChI is InChI=1S/C12H16N2O2/c1-6(2)9-4-8(13)5-10-11(9)16-7(3)12(15)14-10/h4-7H,13H2,1-3H3,(H,14,15). The average Bonchev–Trinajstić information content (AvgIpc) is 2.19. The van der Waals surface area contributed by atoms with E-state index in [0.29, 0.717) is 17.3 Å². The number of hydrogen-bond acceptors (Lipinski definition) is 3. The molecule has 1 amide bonds. The number of hydrogen-bond donors (Lipinski definition) is 2. The molecule has 0 saturated heterocycles. The van der Waals surface area contributed by atoms with E-state index in [0.717, 1.165) is 11.3 Å². The van der Waals surface area contributed by atoms with Crippen molar-refractivity contribution in [3.63, 3.8) is 0 Å². The van der Waals surface area contributed by atoms with E-state index in [2.05, 4.69) is 19.2 Å². The lowest BCUT2D eigenvalue weighted by Gasteiger charge is -2.27. The maximum Gasteiger partial charge on any atom is 0.265 e. The second-order valence-corrected chi connectivity index (χ2v) is 4.39. The van der Waals surface area contributed by atoms with Crippen LogP contribution in [-0.4, -0.2) is 12.0 Å². The Hall–Kier alpha value is -1.71. The number of carbonyl (C=O) groups excluding carboxylic acids is 1. The molecule has 1 heterocycles. The molecule has 1 aliphatic rings. The Labute approximate surface area is 94.8 Å². The zero-order valence-electron chi connectivity index (χ0n) is 9.70. The van der Waals surface area contributed by atoms with Crippen molar-refractivity contribution in [3.8, 4) is 5.75 Å². The number of amides is 1. The molecule has 2 rings (SSSR count). The average molecular weight is 220 g/mol. The molecule has 86 valence electrons. The number of anilines is 2. The second-order valence-electron chi connectivity index (χ2n) is 4.39. The van der Waals surface area contributed by atoms with Gasteiger partial charge in [0, 0.05) is 11.3 Å². The summed E-state index contributed by atoms with van der Waals surface area (Å²) >= 11 is 0. The van der Waals surface area contributed by atoms with E-state index in [4.69, 9.17) is 10.5 Å². The number of rotatable bonds is 1. The van der Waals surface area contributed by atoms with Crippen molar-refractivity contribution in [1.82, 2.24) is 0 Å². The summed E-state index contributed by atoms with van der Waals surface area (Å²) in [5, 5.41) is 2.80. The van der Waals surface area contributed by atoms with Crippen LogP contribution in [0, 0.1) is 0 Å². The highest BCUT2D eigenvalue weighted by Crippen LogP contribution is 2.39. The molecule has 4 nitrogen and oxygen atoms in total. The van der Waals surface area contributed by atoms with E-state index < -0.39 is 6.10 Å². The van der Waals surface area contributed by atoms with Crippen LogP contribution in [-0.2, 0) is 4.79 Å². The number of fused-ring (bicyclic) bond motifs is 1. The zero-order chi connectivity index (χ0) is 11.9. The van der Waals surface area contributed by atoms with Gasteiger partial charge < -0.3 is 15.8 Å². The summed E-state index contributed by atoms with van der Waals surface area (Å²) in [5.41, 5.74) is 8.14. The Kier molecular flexibility index (Phi) is 2.50. The van der Waals surface area contributed by atoms with Gasteiger partial charge in [0.25, 0.3) is 5.91 Å². The van der Waals surface area contributed by atoms with Gasteiger partial charge in [0.2, 0.25) is 0 Å². The number of nitrogens with two attached hydrogens (primary N) is 1. The van der Waals surface area contributed by atoms with Crippen LogP contribution in [0.25, 0.3) is 0 Å². The first-order valence-corrected chi connectivity index (χ1v) is 5.40. The van der Waals surface area contributed by atoms with Crippen molar-refractivity contribution in [1.29, 1.82) is 0 Å². The summed E-state index contributed by atoms with van der Waals surface area (Å²) < 4.78 is 5.62. The van der Waals surface area contributed by atoms with Crippen LogP contribution in [0.15, 0.2) is 12.1 Å². The summed E-state index contributed by atoms with van der Waals surface area (Å²) in [6.07, 6.45) is -0.450. The van der Waals surface area contributed by atoms with Gasteiger partial charge in [0.1, 0.15) is 5.75 Å². The first kappa shape index (κ1) is 10.8. The highest BCUT2D eigenvalue weighted by atomic mass is 16.5. The lowest BCUT2D eigenvalue weighted by atomic mass is 9.99. The van der Waals surface area contributed by atoms with E-state index >= 15 is 0 Å². The van der Waals surface area contributed by atoms with Crippen LogP contribution in [0.3, 0.4) is 0 Å². The van der Waals surface area contributed by atoms with Gasteiger partial charge in [0.15, 0.2) is 6.10 Å². The molecule has 1 aromatic rings. The van der Waals surface area contributed by atoms with Crippen LogP contribution < -0.4 is 15.8 Å². The van der Waals surface area contributed by atoms with Gasteiger partial charge >= 0.3 is 0 Å². The van der Waals surface area contributed by atoms with Crippen molar-refractivity contribution >= 4 is 17.3 Å². The van der Waals surface area contributed by atoms with Gasteiger partial charge in [-0.3, -0.25) is 4.79 Å². The SMILES string of the molecule is CC1Oc2c(cc(N)cc2C(C)C)NC1=O. The predicted molar refractivity (Wildman–Crippen MR) is 63.7 cm³/mol. The first-order chi connectivity index (χ1) is 7.49. The fraction of sp³-hybridized carbons (Fsp3) is 0.417. The Balaban J connectivity index is 2.54. The number of benzene rings is 1. The van der Waals surface area contributed by atoms with E-state index in [1.54, 1.807) is 13.0 Å². The minimum Gasteiger partial charge on any atom is -0.478 e. The van der Waals surface area contributed by atoms with Crippen LogP contribution in [0.5, 0.6) is 5.75 Å². The van der Waals surface area contributed by atoms with E-state index in [9.17, 15) is 4.79 Å². The molecule has 0 aliphatic carbocycles. The topological polar surface area (TPSA) is 64.3 Å². The molecule has 0 fully saturated rings. The number of ether oxygens (including phenoxy) is 1. The van der Waals surface area contributed by atoms with Gasteiger partial charge in [-0.05, 0) is 25.0 Å². The maximum atomic E-state index is 11.5. The highest BCUT2D eigenvalue weighted by Gasteiger charge is 2.26. The monoisotopic (exact) mass is 220 g/mol. The largest absolute Gasteiger partial charge is 0.478 e. The molecule has 4 heteroatoms. The third-order valence-electron chi connectivity index (χ3n) is 2.68. The molecule has 16 heavy (non-hydrogen) atoms. The van der Waals surface area contributed by atoms with Gasteiger partial charge in [0.05, 0.1) is 5.69 Å².